The molecular weight excluding hydrogens is 307 g/mol. The molecule has 1 rings (SSSR count). The van der Waals surface area contributed by atoms with E-state index in [1.54, 1.807) is 6.92 Å². The lowest BCUT2D eigenvalue weighted by atomic mass is 9.79. The Bertz CT molecular complexity index is 267. The summed E-state index contributed by atoms with van der Waals surface area (Å²) in [6.45, 7) is 6.95. The van der Waals surface area contributed by atoms with Crippen molar-refractivity contribution in [3.8, 4) is 0 Å². The van der Waals surface area contributed by atoms with Gasteiger partial charge >= 0.3 is 13.1 Å². The van der Waals surface area contributed by atoms with Crippen LogP contribution >= 0.6 is 0 Å². The van der Waals surface area contributed by atoms with E-state index in [9.17, 15) is 4.79 Å². The van der Waals surface area contributed by atoms with Gasteiger partial charge in [-0.25, -0.2) is 0 Å². The number of carbonyl (C=O) groups is 1. The summed E-state index contributed by atoms with van der Waals surface area (Å²) in [5.41, 5.74) is 4.50. The van der Waals surface area contributed by atoms with Crippen LogP contribution in [0.25, 0.3) is 0 Å². The summed E-state index contributed by atoms with van der Waals surface area (Å²) in [4.78, 5) is 13.7. The molecule has 0 bridgehead atoms. The molecule has 1 fully saturated rings. The van der Waals surface area contributed by atoms with Crippen molar-refractivity contribution in [2.24, 2.45) is 17.6 Å². The first kappa shape index (κ1) is 28.2. The normalized spacial score (nSPS) is 18.8. The number of rotatable bonds is 4. The minimum Gasteiger partial charge on any atom is -0.469 e. The fourth-order valence-corrected chi connectivity index (χ4v) is 2.36. The van der Waals surface area contributed by atoms with Gasteiger partial charge in [0.1, 0.15) is 0 Å². The van der Waals surface area contributed by atoms with Crippen LogP contribution in [0.3, 0.4) is 0 Å². The highest BCUT2D eigenvalue weighted by molar-refractivity contribution is 6.40. The Kier molecular flexibility index (Phi) is 24.0. The summed E-state index contributed by atoms with van der Waals surface area (Å²) in [6, 6.07) is 0. The van der Waals surface area contributed by atoms with Crippen molar-refractivity contribution in [1.29, 1.82) is 0 Å². The van der Waals surface area contributed by atoms with E-state index in [4.69, 9.17) is 14.8 Å². The van der Waals surface area contributed by atoms with Crippen molar-refractivity contribution < 1.29 is 19.6 Å². The summed E-state index contributed by atoms with van der Waals surface area (Å²) in [7, 11) is 5.99. The van der Waals surface area contributed by atoms with Crippen LogP contribution in [0, 0.1) is 11.8 Å². The van der Waals surface area contributed by atoms with E-state index >= 15 is 0 Å². The van der Waals surface area contributed by atoms with Gasteiger partial charge in [-0.15, -0.1) is 0 Å². The molecule has 0 aromatic carbocycles. The van der Waals surface area contributed by atoms with Gasteiger partial charge in [0.15, 0.2) is 0 Å². The second-order valence-electron chi connectivity index (χ2n) is 6.03. The lowest BCUT2D eigenvalue weighted by Gasteiger charge is -2.31. The van der Waals surface area contributed by atoms with Crippen molar-refractivity contribution in [2.45, 2.75) is 59.2 Å². The number of esters is 1. The van der Waals surface area contributed by atoms with Gasteiger partial charge in [0.25, 0.3) is 0 Å². The molecule has 0 radical (unpaired) electrons. The van der Waals surface area contributed by atoms with Gasteiger partial charge in [-0.3, -0.25) is 4.79 Å². The fourth-order valence-electron chi connectivity index (χ4n) is 2.36. The molecule has 146 valence electrons. The minimum atomic E-state index is -1.12. The Labute approximate surface area is 149 Å². The molecular formula is C17H41BN2O4. The lowest BCUT2D eigenvalue weighted by molar-refractivity contribution is -0.148. The number of carbonyl (C=O) groups excluding carboxylic acids is 1. The van der Waals surface area contributed by atoms with Gasteiger partial charge in [0.05, 0.1) is 13.0 Å². The zero-order valence-corrected chi connectivity index (χ0v) is 16.9. The quantitative estimate of drug-likeness (QED) is 0.531. The van der Waals surface area contributed by atoms with Crippen LogP contribution in [0.5, 0.6) is 0 Å². The van der Waals surface area contributed by atoms with Crippen molar-refractivity contribution >= 4 is 13.1 Å². The maximum atomic E-state index is 11.5. The summed E-state index contributed by atoms with van der Waals surface area (Å²) in [6.07, 6.45) is 6.26. The van der Waals surface area contributed by atoms with Crippen LogP contribution in [-0.2, 0) is 9.53 Å². The lowest BCUT2D eigenvalue weighted by Crippen LogP contribution is -2.34. The molecule has 4 N–H and O–H groups in total. The smallest absolute Gasteiger partial charge is 0.451 e. The molecule has 1 unspecified atom stereocenters. The average Bonchev–Trinajstić information content (AvgIpc) is 2.57. The monoisotopic (exact) mass is 348 g/mol. The number of ether oxygens (including phenoxy) is 1. The molecule has 1 aliphatic rings. The molecule has 6 nitrogen and oxygen atoms in total. The molecule has 0 aliphatic heterocycles. The summed E-state index contributed by atoms with van der Waals surface area (Å²) >= 11 is 0. The number of hydrogen-bond donors (Lipinski definition) is 3. The Balaban J connectivity index is -0.000000368. The Morgan fingerprint density at radius 3 is 1.92 bits per heavy atom. The van der Waals surface area contributed by atoms with Crippen LogP contribution in [0.15, 0.2) is 0 Å². The zero-order valence-electron chi connectivity index (χ0n) is 16.9. The number of nitrogens with zero attached hydrogens (tertiary/aromatic N) is 1. The molecule has 0 spiro atoms. The van der Waals surface area contributed by atoms with Crippen molar-refractivity contribution in [2.75, 3.05) is 34.8 Å². The van der Waals surface area contributed by atoms with Crippen molar-refractivity contribution in [1.82, 2.24) is 4.90 Å². The molecule has 2 atom stereocenters. The van der Waals surface area contributed by atoms with E-state index in [1.807, 2.05) is 0 Å². The summed E-state index contributed by atoms with van der Waals surface area (Å²) in [5.74, 6) is 0.610. The van der Waals surface area contributed by atoms with Gasteiger partial charge in [-0.2, -0.15) is 0 Å². The number of hydrogen-bond acceptors (Lipinski definition) is 6. The van der Waals surface area contributed by atoms with Gasteiger partial charge in [-0.1, -0.05) is 40.0 Å². The Morgan fingerprint density at radius 1 is 1.17 bits per heavy atom. The zero-order chi connectivity index (χ0) is 19.5. The van der Waals surface area contributed by atoms with Crippen LogP contribution in [0.2, 0.25) is 6.32 Å². The van der Waals surface area contributed by atoms with Crippen molar-refractivity contribution in [3.63, 3.8) is 0 Å². The van der Waals surface area contributed by atoms with E-state index in [2.05, 4.69) is 38.6 Å². The largest absolute Gasteiger partial charge is 0.469 e. The second-order valence-corrected chi connectivity index (χ2v) is 6.03. The predicted octanol–water partition coefficient (Wildman–Crippen LogP) is 2.00. The molecule has 0 aromatic rings. The standard InChI is InChI=1S/C11H21NO2.C3H8.C2H7BO2.CH5N/c1-12(2)8-9-6-4-5-7-10(9)11(13)14-3;1-3-2;1-2-3(4)5;1-2/h9-10H,4-8H2,1-3H3;3H2,1-2H3;4-5H,2H2,1H3;2H2,1H3/t9?,10-;;;/m0.../s1. The maximum absolute atomic E-state index is 11.5. The van der Waals surface area contributed by atoms with Gasteiger partial charge in [-0.05, 0) is 46.2 Å². The first-order valence-electron chi connectivity index (χ1n) is 9.00. The third-order valence-corrected chi connectivity index (χ3v) is 3.38. The van der Waals surface area contributed by atoms with Crippen LogP contribution in [0.4, 0.5) is 0 Å². The fraction of sp³-hybridized carbons (Fsp3) is 0.941. The van der Waals surface area contributed by atoms with Gasteiger partial charge < -0.3 is 25.4 Å². The van der Waals surface area contributed by atoms with Gasteiger partial charge in [0, 0.05) is 6.54 Å². The Hall–Kier alpha value is -0.625. The molecule has 0 aromatic heterocycles. The van der Waals surface area contributed by atoms with Crippen LogP contribution < -0.4 is 5.73 Å². The number of nitrogens with two attached hydrogens (primary N) is 1. The highest BCUT2D eigenvalue weighted by atomic mass is 16.5. The van der Waals surface area contributed by atoms with E-state index in [-0.39, 0.29) is 11.9 Å². The van der Waals surface area contributed by atoms with E-state index in [1.165, 1.54) is 33.4 Å². The third kappa shape index (κ3) is 17.7. The molecule has 0 saturated heterocycles. The van der Waals surface area contributed by atoms with E-state index in [0.717, 1.165) is 19.4 Å². The van der Waals surface area contributed by atoms with E-state index < -0.39 is 7.12 Å². The summed E-state index contributed by atoms with van der Waals surface area (Å²) in [5, 5.41) is 15.8. The summed E-state index contributed by atoms with van der Waals surface area (Å²) < 4.78 is 4.84. The van der Waals surface area contributed by atoms with E-state index in [0.29, 0.717) is 12.2 Å². The minimum absolute atomic E-state index is 0.0171. The third-order valence-electron chi connectivity index (χ3n) is 3.38. The molecule has 0 heterocycles. The SMILES string of the molecule is CCB(O)O.CCC.CN.COC(=O)[C@H]1CCCCC1CN(C)C. The van der Waals surface area contributed by atoms with Crippen molar-refractivity contribution in [3.05, 3.63) is 0 Å². The first-order chi connectivity index (χ1) is 11.3. The van der Waals surface area contributed by atoms with Crippen LogP contribution in [0.1, 0.15) is 52.9 Å². The molecule has 1 aliphatic carbocycles. The molecule has 1 saturated carbocycles. The Morgan fingerprint density at radius 2 is 1.58 bits per heavy atom. The molecule has 7 heteroatoms. The predicted molar refractivity (Wildman–Crippen MR) is 103 cm³/mol. The second kappa shape index (κ2) is 20.4. The average molecular weight is 348 g/mol. The number of methoxy groups -OCH3 is 1. The topological polar surface area (TPSA) is 96.0 Å². The highest BCUT2D eigenvalue weighted by Crippen LogP contribution is 2.31. The molecule has 24 heavy (non-hydrogen) atoms. The highest BCUT2D eigenvalue weighted by Gasteiger charge is 2.31. The first-order valence-corrected chi connectivity index (χ1v) is 9.00. The van der Waals surface area contributed by atoms with Crippen LogP contribution in [-0.4, -0.2) is 62.8 Å². The van der Waals surface area contributed by atoms with Gasteiger partial charge in [0.2, 0.25) is 0 Å². The maximum Gasteiger partial charge on any atom is 0.451 e. The molecule has 0 amide bonds.